The summed E-state index contributed by atoms with van der Waals surface area (Å²) in [5.41, 5.74) is 0.970. The minimum Gasteiger partial charge on any atom is -0.334 e. The second kappa shape index (κ2) is 5.56. The number of rotatable bonds is 2. The SMILES string of the molecule is CN1CCNCC1c1noc(-c2cccc(I)c2)n1. The number of piperazine rings is 1. The lowest BCUT2D eigenvalue weighted by molar-refractivity contribution is 0.190. The minimum absolute atomic E-state index is 0.189. The van der Waals surface area contributed by atoms with Gasteiger partial charge in [0.25, 0.3) is 5.89 Å². The molecule has 1 aliphatic rings. The van der Waals surface area contributed by atoms with Gasteiger partial charge in [0, 0.05) is 28.8 Å². The molecule has 2 aromatic rings. The van der Waals surface area contributed by atoms with Gasteiger partial charge in [-0.25, -0.2) is 0 Å². The highest BCUT2D eigenvalue weighted by Crippen LogP contribution is 2.23. The lowest BCUT2D eigenvalue weighted by Gasteiger charge is -2.30. The summed E-state index contributed by atoms with van der Waals surface area (Å²) in [6.07, 6.45) is 0. The van der Waals surface area contributed by atoms with E-state index in [4.69, 9.17) is 4.52 Å². The molecule has 0 spiro atoms. The van der Waals surface area contributed by atoms with E-state index >= 15 is 0 Å². The Morgan fingerprint density at radius 1 is 1.47 bits per heavy atom. The Kier molecular flexibility index (Phi) is 3.81. The Bertz CT molecular complexity index is 571. The smallest absolute Gasteiger partial charge is 0.258 e. The number of hydrogen-bond acceptors (Lipinski definition) is 5. The van der Waals surface area contributed by atoms with Crippen LogP contribution < -0.4 is 5.32 Å². The fourth-order valence-corrected chi connectivity index (χ4v) is 2.75. The molecule has 1 unspecified atom stereocenters. The highest BCUT2D eigenvalue weighted by molar-refractivity contribution is 14.1. The van der Waals surface area contributed by atoms with Crippen LogP contribution in [0.4, 0.5) is 0 Å². The van der Waals surface area contributed by atoms with Crippen molar-refractivity contribution < 1.29 is 4.52 Å². The van der Waals surface area contributed by atoms with Gasteiger partial charge < -0.3 is 9.84 Å². The molecule has 1 fully saturated rings. The lowest BCUT2D eigenvalue weighted by Crippen LogP contribution is -2.44. The maximum atomic E-state index is 5.39. The lowest BCUT2D eigenvalue weighted by atomic mass is 10.2. The molecular formula is C13H15IN4O. The van der Waals surface area contributed by atoms with Gasteiger partial charge in [-0.1, -0.05) is 11.2 Å². The number of hydrogen-bond donors (Lipinski definition) is 1. The third-order valence-corrected chi connectivity index (χ3v) is 3.99. The van der Waals surface area contributed by atoms with Crippen LogP contribution in [-0.2, 0) is 0 Å². The molecule has 0 amide bonds. The minimum atomic E-state index is 0.189. The molecule has 1 aromatic carbocycles. The summed E-state index contributed by atoms with van der Waals surface area (Å²) >= 11 is 2.28. The zero-order valence-corrected chi connectivity index (χ0v) is 12.8. The first-order valence-corrected chi connectivity index (χ1v) is 7.32. The number of halogens is 1. The normalized spacial score (nSPS) is 20.6. The van der Waals surface area contributed by atoms with Crippen LogP contribution in [0.5, 0.6) is 0 Å². The van der Waals surface area contributed by atoms with Crippen molar-refractivity contribution in [3.63, 3.8) is 0 Å². The van der Waals surface area contributed by atoms with Crippen molar-refractivity contribution in [2.45, 2.75) is 6.04 Å². The Morgan fingerprint density at radius 2 is 2.37 bits per heavy atom. The molecule has 19 heavy (non-hydrogen) atoms. The van der Waals surface area contributed by atoms with Crippen molar-refractivity contribution in [2.75, 3.05) is 26.7 Å². The van der Waals surface area contributed by atoms with Gasteiger partial charge in [0.1, 0.15) is 0 Å². The van der Waals surface area contributed by atoms with Crippen LogP contribution in [0.2, 0.25) is 0 Å². The van der Waals surface area contributed by atoms with Crippen molar-refractivity contribution in [3.05, 3.63) is 33.7 Å². The quantitative estimate of drug-likeness (QED) is 0.819. The standard InChI is InChI=1S/C13H15IN4O/c1-18-6-5-15-8-11(18)12-16-13(19-17-12)9-3-2-4-10(14)7-9/h2-4,7,11,15H,5-6,8H2,1H3. The molecule has 3 rings (SSSR count). The molecular weight excluding hydrogens is 355 g/mol. The summed E-state index contributed by atoms with van der Waals surface area (Å²) < 4.78 is 6.55. The maximum Gasteiger partial charge on any atom is 0.258 e. The Balaban J connectivity index is 1.86. The van der Waals surface area contributed by atoms with Crippen LogP contribution in [0.1, 0.15) is 11.9 Å². The predicted molar refractivity (Wildman–Crippen MR) is 80.7 cm³/mol. The molecule has 0 aliphatic carbocycles. The second-order valence-corrected chi connectivity index (χ2v) is 5.91. The molecule has 0 radical (unpaired) electrons. The summed E-state index contributed by atoms with van der Waals surface area (Å²) in [6, 6.07) is 8.26. The predicted octanol–water partition coefficient (Wildman–Crippen LogP) is 1.92. The third kappa shape index (κ3) is 2.80. The van der Waals surface area contributed by atoms with Crippen LogP contribution in [0.15, 0.2) is 28.8 Å². The van der Waals surface area contributed by atoms with Gasteiger partial charge in [0.2, 0.25) is 0 Å². The zero-order chi connectivity index (χ0) is 13.2. The second-order valence-electron chi connectivity index (χ2n) is 4.67. The number of nitrogens with zero attached hydrogens (tertiary/aromatic N) is 3. The van der Waals surface area contributed by atoms with Gasteiger partial charge in [-0.2, -0.15) is 4.98 Å². The van der Waals surface area contributed by atoms with Gasteiger partial charge in [-0.05, 0) is 47.8 Å². The maximum absolute atomic E-state index is 5.39. The van der Waals surface area contributed by atoms with Crippen LogP contribution in [-0.4, -0.2) is 41.7 Å². The molecule has 1 aromatic heterocycles. The van der Waals surface area contributed by atoms with E-state index < -0.39 is 0 Å². The van der Waals surface area contributed by atoms with E-state index in [1.165, 1.54) is 0 Å². The molecule has 2 heterocycles. The summed E-state index contributed by atoms with van der Waals surface area (Å²) in [6.45, 7) is 2.87. The Hall–Kier alpha value is -0.990. The zero-order valence-electron chi connectivity index (χ0n) is 10.6. The molecule has 0 bridgehead atoms. The van der Waals surface area contributed by atoms with Crippen molar-refractivity contribution in [2.24, 2.45) is 0 Å². The van der Waals surface area contributed by atoms with E-state index in [9.17, 15) is 0 Å². The molecule has 5 nitrogen and oxygen atoms in total. The highest BCUT2D eigenvalue weighted by Gasteiger charge is 2.25. The van der Waals surface area contributed by atoms with E-state index in [-0.39, 0.29) is 6.04 Å². The van der Waals surface area contributed by atoms with Gasteiger partial charge in [0.05, 0.1) is 6.04 Å². The van der Waals surface area contributed by atoms with Gasteiger partial charge in [-0.3, -0.25) is 4.90 Å². The molecule has 0 saturated carbocycles. The number of likely N-dealkylation sites (N-methyl/N-ethyl adjacent to an activating group) is 1. The van der Waals surface area contributed by atoms with Crippen LogP contribution in [0.25, 0.3) is 11.5 Å². The van der Waals surface area contributed by atoms with E-state index in [1.54, 1.807) is 0 Å². The van der Waals surface area contributed by atoms with Crippen LogP contribution >= 0.6 is 22.6 Å². The monoisotopic (exact) mass is 370 g/mol. The summed E-state index contributed by atoms with van der Waals surface area (Å²) in [7, 11) is 2.09. The van der Waals surface area contributed by atoms with Crippen LogP contribution in [0.3, 0.4) is 0 Å². The summed E-state index contributed by atoms with van der Waals surface area (Å²) in [5.74, 6) is 1.34. The molecule has 1 saturated heterocycles. The van der Waals surface area contributed by atoms with Crippen molar-refractivity contribution in [1.82, 2.24) is 20.4 Å². The first-order chi connectivity index (χ1) is 9.24. The Morgan fingerprint density at radius 3 is 3.16 bits per heavy atom. The summed E-state index contributed by atoms with van der Waals surface area (Å²) in [4.78, 5) is 6.78. The average molecular weight is 370 g/mol. The largest absolute Gasteiger partial charge is 0.334 e. The number of nitrogens with one attached hydrogen (secondary N) is 1. The fraction of sp³-hybridized carbons (Fsp3) is 0.385. The van der Waals surface area contributed by atoms with Gasteiger partial charge >= 0.3 is 0 Å². The molecule has 1 N–H and O–H groups in total. The van der Waals surface area contributed by atoms with Crippen LogP contribution in [0, 0.1) is 3.57 Å². The number of benzene rings is 1. The fourth-order valence-electron chi connectivity index (χ4n) is 2.20. The molecule has 100 valence electrons. The van der Waals surface area contributed by atoms with Gasteiger partial charge in [0.15, 0.2) is 5.82 Å². The number of aromatic nitrogens is 2. The van der Waals surface area contributed by atoms with E-state index in [1.807, 2.05) is 24.3 Å². The highest BCUT2D eigenvalue weighted by atomic mass is 127. The molecule has 1 aliphatic heterocycles. The van der Waals surface area contributed by atoms with Crippen molar-refractivity contribution in [1.29, 1.82) is 0 Å². The third-order valence-electron chi connectivity index (χ3n) is 3.32. The topological polar surface area (TPSA) is 54.2 Å². The first kappa shape index (κ1) is 13.0. The first-order valence-electron chi connectivity index (χ1n) is 6.24. The Labute approximate surface area is 125 Å². The van der Waals surface area contributed by atoms with E-state index in [0.29, 0.717) is 5.89 Å². The van der Waals surface area contributed by atoms with E-state index in [2.05, 4.69) is 50.0 Å². The molecule has 6 heteroatoms. The summed E-state index contributed by atoms with van der Waals surface area (Å²) in [5, 5.41) is 7.48. The van der Waals surface area contributed by atoms with Crippen molar-refractivity contribution >= 4 is 22.6 Å². The van der Waals surface area contributed by atoms with Gasteiger partial charge in [-0.15, -0.1) is 0 Å². The molecule has 1 atom stereocenters. The van der Waals surface area contributed by atoms with Crippen molar-refractivity contribution in [3.8, 4) is 11.5 Å². The average Bonchev–Trinajstić information content (AvgIpc) is 2.89. The van der Waals surface area contributed by atoms with E-state index in [0.717, 1.165) is 34.6 Å².